The molecule has 0 fully saturated rings. The molecule has 84 valence electrons. The van der Waals surface area contributed by atoms with E-state index in [2.05, 4.69) is 0 Å². The van der Waals surface area contributed by atoms with Crippen molar-refractivity contribution in [3.63, 3.8) is 0 Å². The maximum atomic E-state index is 8.46. The predicted octanol–water partition coefficient (Wildman–Crippen LogP) is 1.08. The molecule has 0 saturated carbocycles. The Balaban J connectivity index is 2.20. The number of aliphatic hydroxyl groups excluding tert-OH is 1. The van der Waals surface area contributed by atoms with E-state index in [0.29, 0.717) is 19.8 Å². The standard InChI is InChI=1S/C11H16O4/c1-13-10-2-4-11(5-3-10)15-9-8-14-7-6-12/h2-5,12H,6-9H2,1H3. The molecule has 0 heterocycles. The lowest BCUT2D eigenvalue weighted by atomic mass is 10.3. The van der Waals surface area contributed by atoms with Gasteiger partial charge >= 0.3 is 0 Å². The van der Waals surface area contributed by atoms with Gasteiger partial charge in [-0.1, -0.05) is 0 Å². The van der Waals surface area contributed by atoms with Gasteiger partial charge in [0.2, 0.25) is 0 Å². The molecule has 1 aromatic carbocycles. The number of hydrogen-bond donors (Lipinski definition) is 1. The summed E-state index contributed by atoms with van der Waals surface area (Å²) in [6.07, 6.45) is 0. The van der Waals surface area contributed by atoms with E-state index in [1.54, 1.807) is 7.11 Å². The summed E-state index contributed by atoms with van der Waals surface area (Å²) in [5.41, 5.74) is 0. The van der Waals surface area contributed by atoms with Crippen LogP contribution >= 0.6 is 0 Å². The average Bonchev–Trinajstić information content (AvgIpc) is 2.30. The second kappa shape index (κ2) is 7.09. The first kappa shape index (κ1) is 11.8. The highest BCUT2D eigenvalue weighted by molar-refractivity contribution is 5.31. The van der Waals surface area contributed by atoms with Crippen molar-refractivity contribution in [1.29, 1.82) is 0 Å². The van der Waals surface area contributed by atoms with Crippen LogP contribution in [-0.4, -0.2) is 38.6 Å². The Bertz CT molecular complexity index is 258. The average molecular weight is 212 g/mol. The van der Waals surface area contributed by atoms with Gasteiger partial charge in [0, 0.05) is 0 Å². The molecule has 0 aromatic heterocycles. The molecule has 15 heavy (non-hydrogen) atoms. The van der Waals surface area contributed by atoms with Gasteiger partial charge in [0.05, 0.1) is 26.9 Å². The van der Waals surface area contributed by atoms with Crippen LogP contribution in [0.2, 0.25) is 0 Å². The molecule has 4 heteroatoms. The third kappa shape index (κ3) is 4.67. The quantitative estimate of drug-likeness (QED) is 0.687. The van der Waals surface area contributed by atoms with Crippen molar-refractivity contribution in [2.24, 2.45) is 0 Å². The molecule has 0 saturated heterocycles. The van der Waals surface area contributed by atoms with Crippen molar-refractivity contribution in [2.45, 2.75) is 0 Å². The van der Waals surface area contributed by atoms with Crippen LogP contribution in [0.3, 0.4) is 0 Å². The molecule has 0 unspecified atom stereocenters. The number of methoxy groups -OCH3 is 1. The molecule has 0 bridgehead atoms. The molecule has 1 rings (SSSR count). The second-order valence-corrected chi connectivity index (χ2v) is 2.86. The Morgan fingerprint density at radius 3 is 2.27 bits per heavy atom. The summed E-state index contributed by atoms with van der Waals surface area (Å²) in [5.74, 6) is 1.59. The maximum Gasteiger partial charge on any atom is 0.119 e. The number of rotatable bonds is 7. The molecule has 1 N–H and O–H groups in total. The first-order valence-electron chi connectivity index (χ1n) is 4.82. The van der Waals surface area contributed by atoms with Gasteiger partial charge in [-0.15, -0.1) is 0 Å². The summed E-state index contributed by atoms with van der Waals surface area (Å²) in [6.45, 7) is 1.35. The normalized spacial score (nSPS) is 10.0. The Kier molecular flexibility index (Phi) is 5.58. The monoisotopic (exact) mass is 212 g/mol. The topological polar surface area (TPSA) is 47.9 Å². The van der Waals surface area contributed by atoms with Crippen molar-refractivity contribution in [3.05, 3.63) is 24.3 Å². The van der Waals surface area contributed by atoms with Crippen LogP contribution in [-0.2, 0) is 4.74 Å². The first-order chi connectivity index (χ1) is 7.36. The Morgan fingerprint density at radius 2 is 1.67 bits per heavy atom. The van der Waals surface area contributed by atoms with Crippen molar-refractivity contribution in [3.8, 4) is 11.5 Å². The highest BCUT2D eigenvalue weighted by Crippen LogP contribution is 2.16. The van der Waals surface area contributed by atoms with Crippen molar-refractivity contribution in [2.75, 3.05) is 33.5 Å². The van der Waals surface area contributed by atoms with Crippen molar-refractivity contribution >= 4 is 0 Å². The summed E-state index contributed by atoms with van der Waals surface area (Å²) < 4.78 is 15.5. The van der Waals surface area contributed by atoms with Crippen LogP contribution in [0.5, 0.6) is 11.5 Å². The Labute approximate surface area is 89.4 Å². The van der Waals surface area contributed by atoms with Crippen LogP contribution in [0.25, 0.3) is 0 Å². The zero-order valence-electron chi connectivity index (χ0n) is 8.81. The Hall–Kier alpha value is -1.26. The van der Waals surface area contributed by atoms with Crippen LogP contribution in [0.4, 0.5) is 0 Å². The van der Waals surface area contributed by atoms with E-state index in [-0.39, 0.29) is 6.61 Å². The molecule has 0 aliphatic carbocycles. The van der Waals surface area contributed by atoms with E-state index in [9.17, 15) is 0 Å². The smallest absolute Gasteiger partial charge is 0.119 e. The predicted molar refractivity (Wildman–Crippen MR) is 56.4 cm³/mol. The van der Waals surface area contributed by atoms with E-state index < -0.39 is 0 Å². The van der Waals surface area contributed by atoms with Gasteiger partial charge in [-0.25, -0.2) is 0 Å². The lowest BCUT2D eigenvalue weighted by Crippen LogP contribution is -2.08. The number of ether oxygens (including phenoxy) is 3. The SMILES string of the molecule is COc1ccc(OCCOCCO)cc1. The van der Waals surface area contributed by atoms with Crippen LogP contribution < -0.4 is 9.47 Å². The summed E-state index contributed by atoms with van der Waals surface area (Å²) in [5, 5.41) is 8.46. The summed E-state index contributed by atoms with van der Waals surface area (Å²) in [7, 11) is 1.62. The first-order valence-corrected chi connectivity index (χ1v) is 4.82. The van der Waals surface area contributed by atoms with E-state index in [1.807, 2.05) is 24.3 Å². The molecule has 1 aromatic rings. The lowest BCUT2D eigenvalue weighted by Gasteiger charge is -2.07. The third-order valence-electron chi connectivity index (χ3n) is 1.79. The number of aliphatic hydroxyl groups is 1. The van der Waals surface area contributed by atoms with E-state index in [4.69, 9.17) is 19.3 Å². The van der Waals surface area contributed by atoms with Gasteiger partial charge in [-0.3, -0.25) is 0 Å². The minimum atomic E-state index is 0.0442. The minimum absolute atomic E-state index is 0.0442. The van der Waals surface area contributed by atoms with Crippen LogP contribution in [0.1, 0.15) is 0 Å². The zero-order chi connectivity index (χ0) is 10.9. The molecular formula is C11H16O4. The molecule has 0 radical (unpaired) electrons. The molecule has 0 spiro atoms. The summed E-state index contributed by atoms with van der Waals surface area (Å²) in [4.78, 5) is 0. The van der Waals surface area contributed by atoms with Gasteiger partial charge in [0.1, 0.15) is 18.1 Å². The van der Waals surface area contributed by atoms with Gasteiger partial charge < -0.3 is 19.3 Å². The summed E-state index contributed by atoms with van der Waals surface area (Å²) in [6, 6.07) is 7.35. The number of benzene rings is 1. The van der Waals surface area contributed by atoms with Gasteiger partial charge in [-0.2, -0.15) is 0 Å². The van der Waals surface area contributed by atoms with E-state index >= 15 is 0 Å². The fraction of sp³-hybridized carbons (Fsp3) is 0.455. The minimum Gasteiger partial charge on any atom is -0.497 e. The number of hydrogen-bond acceptors (Lipinski definition) is 4. The lowest BCUT2D eigenvalue weighted by molar-refractivity contribution is 0.0705. The highest BCUT2D eigenvalue weighted by atomic mass is 16.5. The van der Waals surface area contributed by atoms with Gasteiger partial charge in [0.25, 0.3) is 0 Å². The molecule has 0 aliphatic heterocycles. The fourth-order valence-corrected chi connectivity index (χ4v) is 1.06. The Morgan fingerprint density at radius 1 is 1.00 bits per heavy atom. The highest BCUT2D eigenvalue weighted by Gasteiger charge is 1.94. The molecule has 0 aliphatic rings. The van der Waals surface area contributed by atoms with Gasteiger partial charge in [-0.05, 0) is 24.3 Å². The molecule has 0 amide bonds. The second-order valence-electron chi connectivity index (χ2n) is 2.86. The fourth-order valence-electron chi connectivity index (χ4n) is 1.06. The van der Waals surface area contributed by atoms with E-state index in [1.165, 1.54) is 0 Å². The van der Waals surface area contributed by atoms with Gasteiger partial charge in [0.15, 0.2) is 0 Å². The zero-order valence-corrected chi connectivity index (χ0v) is 8.81. The van der Waals surface area contributed by atoms with Crippen molar-refractivity contribution < 1.29 is 19.3 Å². The van der Waals surface area contributed by atoms with E-state index in [0.717, 1.165) is 11.5 Å². The van der Waals surface area contributed by atoms with Crippen molar-refractivity contribution in [1.82, 2.24) is 0 Å². The third-order valence-corrected chi connectivity index (χ3v) is 1.79. The maximum absolute atomic E-state index is 8.46. The molecule has 4 nitrogen and oxygen atoms in total. The molecular weight excluding hydrogens is 196 g/mol. The van der Waals surface area contributed by atoms with Crippen LogP contribution in [0.15, 0.2) is 24.3 Å². The molecule has 0 atom stereocenters. The largest absolute Gasteiger partial charge is 0.497 e. The summed E-state index contributed by atoms with van der Waals surface area (Å²) >= 11 is 0. The van der Waals surface area contributed by atoms with Crippen LogP contribution in [0, 0.1) is 0 Å².